The molecule has 3 rings (SSSR count). The van der Waals surface area contributed by atoms with Crippen LogP contribution >= 0.6 is 11.8 Å². The molecule has 1 heterocycles. The van der Waals surface area contributed by atoms with Crippen LogP contribution in [-0.4, -0.2) is 34.4 Å². The number of halogens is 1. The van der Waals surface area contributed by atoms with Gasteiger partial charge in [0.2, 0.25) is 5.16 Å². The summed E-state index contributed by atoms with van der Waals surface area (Å²) in [5, 5.41) is 12.4. The van der Waals surface area contributed by atoms with E-state index in [2.05, 4.69) is 15.5 Å². The van der Waals surface area contributed by atoms with Crippen molar-refractivity contribution in [2.24, 2.45) is 0 Å². The number of benzene rings is 2. The van der Waals surface area contributed by atoms with Crippen molar-refractivity contribution < 1.29 is 13.9 Å². The van der Waals surface area contributed by atoms with Crippen LogP contribution in [0.15, 0.2) is 47.6 Å². The Balaban J connectivity index is 1.74. The van der Waals surface area contributed by atoms with E-state index in [4.69, 9.17) is 9.47 Å². The van der Waals surface area contributed by atoms with Gasteiger partial charge in [0.1, 0.15) is 5.75 Å². The van der Waals surface area contributed by atoms with Crippen molar-refractivity contribution in [3.8, 4) is 17.2 Å². The summed E-state index contributed by atoms with van der Waals surface area (Å²) in [4.78, 5) is 0. The molecule has 124 valence electrons. The molecule has 0 saturated carbocycles. The first kappa shape index (κ1) is 16.3. The molecule has 8 heteroatoms. The third-order valence-electron chi connectivity index (χ3n) is 3.34. The average molecular weight is 346 g/mol. The highest BCUT2D eigenvalue weighted by Gasteiger charge is 2.10. The van der Waals surface area contributed by atoms with Gasteiger partial charge < -0.3 is 9.47 Å². The van der Waals surface area contributed by atoms with E-state index in [0.717, 1.165) is 17.0 Å². The Morgan fingerprint density at radius 2 is 1.88 bits per heavy atom. The number of thioether (sulfide) groups is 1. The average Bonchev–Trinajstić information content (AvgIpc) is 3.08. The van der Waals surface area contributed by atoms with Crippen molar-refractivity contribution in [2.45, 2.75) is 10.9 Å². The molecular formula is C16H15FN4O2S. The molecule has 0 aliphatic heterocycles. The molecule has 2 aromatic carbocycles. The highest BCUT2D eigenvalue weighted by Crippen LogP contribution is 2.25. The minimum Gasteiger partial charge on any atom is -0.497 e. The fourth-order valence-corrected chi connectivity index (χ4v) is 2.94. The molecular weight excluding hydrogens is 331 g/mol. The Morgan fingerprint density at radius 3 is 2.54 bits per heavy atom. The highest BCUT2D eigenvalue weighted by atomic mass is 32.2. The van der Waals surface area contributed by atoms with Crippen LogP contribution < -0.4 is 9.47 Å². The topological polar surface area (TPSA) is 62.1 Å². The van der Waals surface area contributed by atoms with Crippen LogP contribution in [0.2, 0.25) is 0 Å². The van der Waals surface area contributed by atoms with Gasteiger partial charge in [-0.15, -0.1) is 5.10 Å². The van der Waals surface area contributed by atoms with Gasteiger partial charge in [-0.25, -0.2) is 4.39 Å². The molecule has 0 fully saturated rings. The van der Waals surface area contributed by atoms with Crippen molar-refractivity contribution in [2.75, 3.05) is 14.2 Å². The number of rotatable bonds is 6. The smallest absolute Gasteiger partial charge is 0.214 e. The molecule has 0 radical (unpaired) electrons. The molecule has 0 aliphatic rings. The van der Waals surface area contributed by atoms with E-state index in [1.807, 2.05) is 30.3 Å². The number of ether oxygens (including phenoxy) is 2. The SMILES string of the molecule is COc1ccc(-n2nnnc2SCc2ccc(OC)c(F)c2)cc1. The van der Waals surface area contributed by atoms with Gasteiger partial charge >= 0.3 is 0 Å². The van der Waals surface area contributed by atoms with Crippen LogP contribution in [0.25, 0.3) is 5.69 Å². The lowest BCUT2D eigenvalue weighted by Gasteiger charge is -2.06. The lowest BCUT2D eigenvalue weighted by molar-refractivity contribution is 0.386. The Morgan fingerprint density at radius 1 is 1.08 bits per heavy atom. The van der Waals surface area contributed by atoms with Crippen molar-refractivity contribution >= 4 is 11.8 Å². The van der Waals surface area contributed by atoms with Gasteiger partial charge in [-0.05, 0) is 52.4 Å². The summed E-state index contributed by atoms with van der Waals surface area (Å²) in [7, 11) is 3.05. The van der Waals surface area contributed by atoms with Crippen LogP contribution in [-0.2, 0) is 5.75 Å². The minimum absolute atomic E-state index is 0.229. The van der Waals surface area contributed by atoms with E-state index < -0.39 is 0 Å². The lowest BCUT2D eigenvalue weighted by atomic mass is 10.2. The van der Waals surface area contributed by atoms with Crippen molar-refractivity contribution in [3.63, 3.8) is 0 Å². The second-order valence-corrected chi connectivity index (χ2v) is 5.77. The third-order valence-corrected chi connectivity index (χ3v) is 4.33. The summed E-state index contributed by atoms with van der Waals surface area (Å²) in [5.41, 5.74) is 1.65. The van der Waals surface area contributed by atoms with Gasteiger partial charge in [-0.1, -0.05) is 17.8 Å². The zero-order valence-corrected chi connectivity index (χ0v) is 14.0. The monoisotopic (exact) mass is 346 g/mol. The van der Waals surface area contributed by atoms with Crippen LogP contribution in [0.4, 0.5) is 4.39 Å². The normalized spacial score (nSPS) is 10.6. The molecule has 0 atom stereocenters. The van der Waals surface area contributed by atoms with Crippen molar-refractivity contribution in [1.82, 2.24) is 20.2 Å². The largest absolute Gasteiger partial charge is 0.497 e. The number of aromatic nitrogens is 4. The predicted octanol–water partition coefficient (Wildman–Crippen LogP) is 3.11. The summed E-state index contributed by atoms with van der Waals surface area (Å²) in [6.45, 7) is 0. The van der Waals surface area contributed by atoms with E-state index in [9.17, 15) is 4.39 Å². The molecule has 0 bridgehead atoms. The van der Waals surface area contributed by atoms with Crippen LogP contribution in [0.1, 0.15) is 5.56 Å². The van der Waals surface area contributed by atoms with Gasteiger partial charge in [0, 0.05) is 5.75 Å². The van der Waals surface area contributed by atoms with E-state index in [0.29, 0.717) is 10.9 Å². The maximum Gasteiger partial charge on any atom is 0.214 e. The molecule has 24 heavy (non-hydrogen) atoms. The predicted molar refractivity (Wildman–Crippen MR) is 88.2 cm³/mol. The van der Waals surface area contributed by atoms with Crippen molar-refractivity contribution in [3.05, 3.63) is 53.8 Å². The van der Waals surface area contributed by atoms with Gasteiger partial charge in [0.15, 0.2) is 11.6 Å². The highest BCUT2D eigenvalue weighted by molar-refractivity contribution is 7.98. The molecule has 0 spiro atoms. The summed E-state index contributed by atoms with van der Waals surface area (Å²) >= 11 is 1.42. The fraction of sp³-hybridized carbons (Fsp3) is 0.188. The summed E-state index contributed by atoms with van der Waals surface area (Å²) in [5.74, 6) is 1.14. The van der Waals surface area contributed by atoms with E-state index >= 15 is 0 Å². The second-order valence-electron chi connectivity index (χ2n) is 4.83. The number of tetrazole rings is 1. The molecule has 3 aromatic rings. The van der Waals surface area contributed by atoms with Crippen molar-refractivity contribution in [1.29, 1.82) is 0 Å². The van der Waals surface area contributed by atoms with Gasteiger partial charge in [-0.3, -0.25) is 0 Å². The Labute approximate surface area is 142 Å². The minimum atomic E-state index is -0.384. The second kappa shape index (κ2) is 7.31. The maximum atomic E-state index is 13.7. The summed E-state index contributed by atoms with van der Waals surface area (Å²) < 4.78 is 25.4. The first-order chi connectivity index (χ1) is 11.7. The quantitative estimate of drug-likeness (QED) is 0.639. The first-order valence-corrected chi connectivity index (χ1v) is 8.08. The third kappa shape index (κ3) is 3.48. The van der Waals surface area contributed by atoms with E-state index in [1.165, 1.54) is 24.9 Å². The van der Waals surface area contributed by atoms with Crippen LogP contribution in [0.5, 0.6) is 11.5 Å². The number of nitrogens with zero attached hydrogens (tertiary/aromatic N) is 4. The number of hydrogen-bond acceptors (Lipinski definition) is 6. The molecule has 0 amide bonds. The summed E-state index contributed by atoms with van der Waals surface area (Å²) in [6, 6.07) is 12.3. The standard InChI is InChI=1S/C16H15FN4O2S/c1-22-13-6-4-12(5-7-13)21-16(18-19-20-21)24-10-11-3-8-15(23-2)14(17)9-11/h3-9H,10H2,1-2H3. The van der Waals surface area contributed by atoms with Gasteiger partial charge in [0.25, 0.3) is 0 Å². The molecule has 0 saturated heterocycles. The molecule has 0 N–H and O–H groups in total. The molecule has 0 unspecified atom stereocenters. The molecule has 0 aliphatic carbocycles. The summed E-state index contributed by atoms with van der Waals surface area (Å²) in [6.07, 6.45) is 0. The maximum absolute atomic E-state index is 13.7. The Kier molecular flexibility index (Phi) is 4.95. The number of methoxy groups -OCH3 is 2. The molecule has 6 nitrogen and oxygen atoms in total. The Bertz CT molecular complexity index is 823. The lowest BCUT2D eigenvalue weighted by Crippen LogP contribution is -1.99. The zero-order valence-electron chi connectivity index (χ0n) is 13.1. The van der Waals surface area contributed by atoms with Crippen LogP contribution in [0.3, 0.4) is 0 Å². The van der Waals surface area contributed by atoms with Gasteiger partial charge in [-0.2, -0.15) is 4.68 Å². The van der Waals surface area contributed by atoms with E-state index in [1.54, 1.807) is 17.9 Å². The fourth-order valence-electron chi connectivity index (χ4n) is 2.10. The van der Waals surface area contributed by atoms with Crippen LogP contribution in [0, 0.1) is 5.82 Å². The zero-order chi connectivity index (χ0) is 16.9. The number of hydrogen-bond donors (Lipinski definition) is 0. The van der Waals surface area contributed by atoms with Gasteiger partial charge in [0.05, 0.1) is 19.9 Å². The first-order valence-electron chi connectivity index (χ1n) is 7.09. The Hall–Kier alpha value is -2.61. The van der Waals surface area contributed by atoms with E-state index in [-0.39, 0.29) is 11.6 Å². The molecule has 1 aromatic heterocycles.